The maximum atomic E-state index is 11.9. The highest BCUT2D eigenvalue weighted by Gasteiger charge is 2.20. The fourth-order valence-electron chi connectivity index (χ4n) is 2.75. The van der Waals surface area contributed by atoms with Crippen molar-refractivity contribution in [2.45, 2.75) is 20.8 Å². The van der Waals surface area contributed by atoms with Gasteiger partial charge in [-0.2, -0.15) is 0 Å². The molecule has 6 heteroatoms. The molecule has 0 atom stereocenters. The number of carbonyl (C=O) groups is 2. The normalized spacial score (nSPS) is 15.3. The lowest BCUT2D eigenvalue weighted by Crippen LogP contribution is -2.46. The molecule has 1 heterocycles. The van der Waals surface area contributed by atoms with E-state index >= 15 is 0 Å². The number of hydrogen-bond acceptors (Lipinski definition) is 5. The van der Waals surface area contributed by atoms with Gasteiger partial charge in [0.05, 0.1) is 23.5 Å². The fraction of sp³-hybridized carbons (Fsp3) is 0.529. The van der Waals surface area contributed by atoms with Crippen molar-refractivity contribution < 1.29 is 14.3 Å². The van der Waals surface area contributed by atoms with E-state index in [9.17, 15) is 9.59 Å². The SMILES string of the molecule is CCOC(=O)c1ccc(N2CCN(CC)CC2)c(NC(C)=O)c1. The maximum Gasteiger partial charge on any atom is 0.338 e. The zero-order valence-electron chi connectivity index (χ0n) is 14.1. The Balaban J connectivity index is 2.24. The fourth-order valence-corrected chi connectivity index (χ4v) is 2.75. The molecular formula is C17H25N3O3. The quantitative estimate of drug-likeness (QED) is 0.841. The summed E-state index contributed by atoms with van der Waals surface area (Å²) in [6, 6.07) is 5.34. The van der Waals surface area contributed by atoms with Gasteiger partial charge in [0.1, 0.15) is 0 Å². The van der Waals surface area contributed by atoms with Gasteiger partial charge in [0.2, 0.25) is 5.91 Å². The average molecular weight is 319 g/mol. The Bertz CT molecular complexity index is 566. The molecule has 1 aliphatic heterocycles. The van der Waals surface area contributed by atoms with Gasteiger partial charge in [0.25, 0.3) is 0 Å². The molecule has 2 rings (SSSR count). The molecule has 23 heavy (non-hydrogen) atoms. The summed E-state index contributed by atoms with van der Waals surface area (Å²) in [5, 5.41) is 2.83. The van der Waals surface area contributed by atoms with Crippen LogP contribution in [0, 0.1) is 0 Å². The number of anilines is 2. The van der Waals surface area contributed by atoms with Crippen molar-refractivity contribution in [1.82, 2.24) is 4.90 Å². The monoisotopic (exact) mass is 319 g/mol. The minimum atomic E-state index is -0.374. The van der Waals surface area contributed by atoms with E-state index in [1.165, 1.54) is 6.92 Å². The molecule has 1 N–H and O–H groups in total. The van der Waals surface area contributed by atoms with Crippen LogP contribution in [0.25, 0.3) is 0 Å². The number of ether oxygens (including phenoxy) is 1. The van der Waals surface area contributed by atoms with E-state index in [0.29, 0.717) is 17.9 Å². The van der Waals surface area contributed by atoms with E-state index in [-0.39, 0.29) is 11.9 Å². The maximum absolute atomic E-state index is 11.9. The van der Waals surface area contributed by atoms with Gasteiger partial charge >= 0.3 is 5.97 Å². The first-order chi connectivity index (χ1) is 11.0. The molecule has 0 aromatic heterocycles. The molecule has 0 radical (unpaired) electrons. The minimum Gasteiger partial charge on any atom is -0.462 e. The number of rotatable bonds is 5. The third kappa shape index (κ3) is 4.45. The molecule has 1 amide bonds. The highest BCUT2D eigenvalue weighted by Crippen LogP contribution is 2.28. The Morgan fingerprint density at radius 2 is 1.87 bits per heavy atom. The number of nitrogens with one attached hydrogen (secondary N) is 1. The first-order valence-corrected chi connectivity index (χ1v) is 8.11. The first-order valence-electron chi connectivity index (χ1n) is 8.11. The molecule has 6 nitrogen and oxygen atoms in total. The lowest BCUT2D eigenvalue weighted by molar-refractivity contribution is -0.114. The first kappa shape index (κ1) is 17.3. The molecule has 1 fully saturated rings. The van der Waals surface area contributed by atoms with Crippen molar-refractivity contribution in [2.75, 3.05) is 49.5 Å². The summed E-state index contributed by atoms with van der Waals surface area (Å²) in [7, 11) is 0. The Hall–Kier alpha value is -2.08. The number of piperazine rings is 1. The number of carbonyl (C=O) groups excluding carboxylic acids is 2. The molecule has 1 aliphatic rings. The van der Waals surface area contributed by atoms with Crippen LogP contribution in [0.5, 0.6) is 0 Å². The topological polar surface area (TPSA) is 61.9 Å². The van der Waals surface area contributed by atoms with Crippen LogP contribution < -0.4 is 10.2 Å². The van der Waals surface area contributed by atoms with E-state index < -0.39 is 0 Å². The summed E-state index contributed by atoms with van der Waals surface area (Å²) in [5.41, 5.74) is 2.06. The van der Waals surface area contributed by atoms with Crippen molar-refractivity contribution in [3.05, 3.63) is 23.8 Å². The van der Waals surface area contributed by atoms with Gasteiger partial charge in [-0.1, -0.05) is 6.92 Å². The largest absolute Gasteiger partial charge is 0.462 e. The molecule has 1 aromatic rings. The van der Waals surface area contributed by atoms with E-state index in [1.54, 1.807) is 19.1 Å². The van der Waals surface area contributed by atoms with Gasteiger partial charge < -0.3 is 19.9 Å². The lowest BCUT2D eigenvalue weighted by Gasteiger charge is -2.36. The third-order valence-electron chi connectivity index (χ3n) is 3.98. The van der Waals surface area contributed by atoms with E-state index in [1.807, 2.05) is 6.07 Å². The predicted octanol–water partition coefficient (Wildman–Crippen LogP) is 1.96. The average Bonchev–Trinajstić information content (AvgIpc) is 2.54. The molecular weight excluding hydrogens is 294 g/mol. The summed E-state index contributed by atoms with van der Waals surface area (Å²) < 4.78 is 5.03. The Morgan fingerprint density at radius 1 is 1.17 bits per heavy atom. The van der Waals surface area contributed by atoms with Crippen LogP contribution >= 0.6 is 0 Å². The molecule has 0 bridgehead atoms. The van der Waals surface area contributed by atoms with Gasteiger partial charge in [-0.3, -0.25) is 4.79 Å². The van der Waals surface area contributed by atoms with E-state index in [4.69, 9.17) is 4.74 Å². The second-order valence-electron chi connectivity index (χ2n) is 5.55. The summed E-state index contributed by atoms with van der Waals surface area (Å²) in [6.07, 6.45) is 0. The van der Waals surface area contributed by atoms with Crippen molar-refractivity contribution in [3.63, 3.8) is 0 Å². The predicted molar refractivity (Wildman–Crippen MR) is 91.0 cm³/mol. The lowest BCUT2D eigenvalue weighted by atomic mass is 10.1. The number of hydrogen-bond donors (Lipinski definition) is 1. The van der Waals surface area contributed by atoms with Crippen LogP contribution in [-0.2, 0) is 9.53 Å². The van der Waals surface area contributed by atoms with Gasteiger partial charge in [0, 0.05) is 33.1 Å². The summed E-state index contributed by atoms with van der Waals surface area (Å²) in [4.78, 5) is 28.0. The van der Waals surface area contributed by atoms with E-state index in [0.717, 1.165) is 38.4 Å². The summed E-state index contributed by atoms with van der Waals surface area (Å²) in [5.74, 6) is -0.527. The van der Waals surface area contributed by atoms with Crippen LogP contribution in [0.1, 0.15) is 31.1 Å². The molecule has 0 aliphatic carbocycles. The minimum absolute atomic E-state index is 0.153. The second-order valence-corrected chi connectivity index (χ2v) is 5.55. The molecule has 126 valence electrons. The number of likely N-dealkylation sites (N-methyl/N-ethyl adjacent to an activating group) is 1. The molecule has 1 saturated heterocycles. The highest BCUT2D eigenvalue weighted by atomic mass is 16.5. The Kier molecular flexibility index (Phi) is 5.98. The number of benzene rings is 1. The number of nitrogens with zero attached hydrogens (tertiary/aromatic N) is 2. The summed E-state index contributed by atoms with van der Waals surface area (Å²) >= 11 is 0. The standard InChI is InChI=1S/C17H25N3O3/c1-4-19-8-10-20(11-9-19)16-7-6-14(17(22)23-5-2)12-15(16)18-13(3)21/h6-7,12H,4-5,8-11H2,1-3H3,(H,18,21). The van der Waals surface area contributed by atoms with Crippen LogP contribution in [0.4, 0.5) is 11.4 Å². The van der Waals surface area contributed by atoms with Crippen molar-refractivity contribution in [3.8, 4) is 0 Å². The molecule has 0 saturated carbocycles. The van der Waals surface area contributed by atoms with Gasteiger partial charge in [0.15, 0.2) is 0 Å². The zero-order valence-corrected chi connectivity index (χ0v) is 14.1. The Morgan fingerprint density at radius 3 is 2.43 bits per heavy atom. The van der Waals surface area contributed by atoms with Crippen LogP contribution in [0.2, 0.25) is 0 Å². The highest BCUT2D eigenvalue weighted by molar-refractivity contribution is 5.97. The third-order valence-corrected chi connectivity index (χ3v) is 3.98. The van der Waals surface area contributed by atoms with Gasteiger partial charge in [-0.15, -0.1) is 0 Å². The van der Waals surface area contributed by atoms with Gasteiger partial charge in [-0.05, 0) is 31.7 Å². The van der Waals surface area contributed by atoms with Crippen molar-refractivity contribution in [2.24, 2.45) is 0 Å². The number of amides is 1. The molecule has 1 aromatic carbocycles. The summed E-state index contributed by atoms with van der Waals surface area (Å²) in [6.45, 7) is 10.6. The number of esters is 1. The zero-order chi connectivity index (χ0) is 16.8. The van der Waals surface area contributed by atoms with Crippen molar-refractivity contribution in [1.29, 1.82) is 0 Å². The second kappa shape index (κ2) is 7.97. The van der Waals surface area contributed by atoms with Crippen LogP contribution in [0.3, 0.4) is 0 Å². The Labute approximate surface area is 137 Å². The van der Waals surface area contributed by atoms with E-state index in [2.05, 4.69) is 22.0 Å². The van der Waals surface area contributed by atoms with Gasteiger partial charge in [-0.25, -0.2) is 4.79 Å². The van der Waals surface area contributed by atoms with Crippen LogP contribution in [-0.4, -0.2) is 56.1 Å². The molecule has 0 unspecified atom stereocenters. The van der Waals surface area contributed by atoms with Crippen molar-refractivity contribution >= 4 is 23.3 Å². The smallest absolute Gasteiger partial charge is 0.338 e. The van der Waals surface area contributed by atoms with Crippen LogP contribution in [0.15, 0.2) is 18.2 Å². The molecule has 0 spiro atoms.